The van der Waals surface area contributed by atoms with Gasteiger partial charge in [-0.1, -0.05) is 31.0 Å². The van der Waals surface area contributed by atoms with E-state index in [2.05, 4.69) is 10.6 Å². The minimum atomic E-state index is 0.120. The summed E-state index contributed by atoms with van der Waals surface area (Å²) in [4.78, 5) is 0. The molecular weight excluding hydrogens is 256 g/mol. The number of anilines is 1. The first-order valence-corrected chi connectivity index (χ1v) is 7.28. The molecular formula is C15H22N2OS. The van der Waals surface area contributed by atoms with Crippen LogP contribution in [0.2, 0.25) is 0 Å². The number of benzene rings is 1. The second-order valence-corrected chi connectivity index (χ2v) is 5.58. The monoisotopic (exact) mass is 278 g/mol. The number of para-hydroxylation sites is 1. The summed E-state index contributed by atoms with van der Waals surface area (Å²) < 4.78 is 5.22. The van der Waals surface area contributed by atoms with E-state index in [1.165, 1.54) is 25.7 Å². The molecule has 1 aliphatic rings. The van der Waals surface area contributed by atoms with E-state index in [0.29, 0.717) is 5.11 Å². The maximum Gasteiger partial charge on any atom is 0.171 e. The lowest BCUT2D eigenvalue weighted by Crippen LogP contribution is -2.48. The maximum absolute atomic E-state index is 5.43. The minimum Gasteiger partial charge on any atom is -0.385 e. The molecule has 0 amide bonds. The predicted molar refractivity (Wildman–Crippen MR) is 83.5 cm³/mol. The summed E-state index contributed by atoms with van der Waals surface area (Å²) in [5, 5.41) is 7.48. The van der Waals surface area contributed by atoms with E-state index in [4.69, 9.17) is 17.0 Å². The molecule has 0 bridgehead atoms. The number of thiocarbonyl (C=S) groups is 1. The molecule has 2 rings (SSSR count). The van der Waals surface area contributed by atoms with Gasteiger partial charge in [-0.15, -0.1) is 0 Å². The van der Waals surface area contributed by atoms with Crippen molar-refractivity contribution in [1.82, 2.24) is 5.32 Å². The average molecular weight is 278 g/mol. The standard InChI is InChI=1S/C15H22N2OS/c1-18-12-11-15(9-5-6-10-15)17-14(19)16-13-7-3-2-4-8-13/h2-4,7-8H,5-6,9-12H2,1H3,(H2,16,17,19). The first kappa shape index (κ1) is 14.3. The fourth-order valence-corrected chi connectivity index (χ4v) is 3.05. The molecule has 0 unspecified atom stereocenters. The lowest BCUT2D eigenvalue weighted by Gasteiger charge is -2.31. The Morgan fingerprint density at radius 2 is 1.95 bits per heavy atom. The van der Waals surface area contributed by atoms with Crippen molar-refractivity contribution in [3.8, 4) is 0 Å². The number of ether oxygens (including phenoxy) is 1. The van der Waals surface area contributed by atoms with E-state index < -0.39 is 0 Å². The van der Waals surface area contributed by atoms with Crippen LogP contribution < -0.4 is 10.6 Å². The Balaban J connectivity index is 1.92. The third-order valence-corrected chi connectivity index (χ3v) is 3.96. The van der Waals surface area contributed by atoms with Crippen LogP contribution in [-0.4, -0.2) is 24.4 Å². The summed E-state index contributed by atoms with van der Waals surface area (Å²) in [5.74, 6) is 0. The first-order valence-electron chi connectivity index (χ1n) is 6.87. The van der Waals surface area contributed by atoms with E-state index >= 15 is 0 Å². The molecule has 0 saturated heterocycles. The molecule has 0 aromatic heterocycles. The summed E-state index contributed by atoms with van der Waals surface area (Å²) in [5.41, 5.74) is 1.15. The van der Waals surface area contributed by atoms with E-state index in [1.807, 2.05) is 30.3 Å². The minimum absolute atomic E-state index is 0.120. The van der Waals surface area contributed by atoms with Crippen molar-refractivity contribution in [3.63, 3.8) is 0 Å². The quantitative estimate of drug-likeness (QED) is 0.810. The van der Waals surface area contributed by atoms with Crippen LogP contribution in [0.1, 0.15) is 32.1 Å². The van der Waals surface area contributed by atoms with Gasteiger partial charge in [0.2, 0.25) is 0 Å². The topological polar surface area (TPSA) is 33.3 Å². The Labute approximate surface area is 120 Å². The fourth-order valence-electron chi connectivity index (χ4n) is 2.71. The molecule has 2 N–H and O–H groups in total. The Hall–Kier alpha value is -1.13. The van der Waals surface area contributed by atoms with Gasteiger partial charge in [-0.3, -0.25) is 0 Å². The average Bonchev–Trinajstić information content (AvgIpc) is 2.86. The third-order valence-electron chi connectivity index (χ3n) is 3.76. The molecule has 1 aromatic carbocycles. The SMILES string of the molecule is COCCC1(NC(=S)Nc2ccccc2)CCCC1. The fraction of sp³-hybridized carbons (Fsp3) is 0.533. The Morgan fingerprint density at radius 3 is 2.58 bits per heavy atom. The Kier molecular flexibility index (Phi) is 5.16. The number of rotatable bonds is 5. The summed E-state index contributed by atoms with van der Waals surface area (Å²) in [7, 11) is 1.75. The molecule has 1 aliphatic carbocycles. The summed E-state index contributed by atoms with van der Waals surface area (Å²) in [6, 6.07) is 10.0. The van der Waals surface area contributed by atoms with Gasteiger partial charge in [0.05, 0.1) is 0 Å². The molecule has 0 heterocycles. The highest BCUT2D eigenvalue weighted by Gasteiger charge is 2.33. The highest BCUT2D eigenvalue weighted by Crippen LogP contribution is 2.32. The largest absolute Gasteiger partial charge is 0.385 e. The van der Waals surface area contributed by atoms with Crippen molar-refractivity contribution in [3.05, 3.63) is 30.3 Å². The molecule has 1 saturated carbocycles. The lowest BCUT2D eigenvalue weighted by molar-refractivity contribution is 0.163. The van der Waals surface area contributed by atoms with Gasteiger partial charge < -0.3 is 15.4 Å². The van der Waals surface area contributed by atoms with Gasteiger partial charge in [0.15, 0.2) is 5.11 Å². The molecule has 1 aromatic rings. The van der Waals surface area contributed by atoms with E-state index in [-0.39, 0.29) is 5.54 Å². The van der Waals surface area contributed by atoms with Crippen molar-refractivity contribution in [2.24, 2.45) is 0 Å². The van der Waals surface area contributed by atoms with Crippen LogP contribution in [0.4, 0.5) is 5.69 Å². The van der Waals surface area contributed by atoms with Crippen molar-refractivity contribution in [2.45, 2.75) is 37.6 Å². The highest BCUT2D eigenvalue weighted by molar-refractivity contribution is 7.80. The molecule has 104 valence electrons. The second-order valence-electron chi connectivity index (χ2n) is 5.18. The van der Waals surface area contributed by atoms with Crippen molar-refractivity contribution >= 4 is 23.0 Å². The van der Waals surface area contributed by atoms with Crippen LogP contribution in [-0.2, 0) is 4.74 Å². The summed E-state index contributed by atoms with van der Waals surface area (Å²) in [6.07, 6.45) is 5.90. The zero-order valence-corrected chi connectivity index (χ0v) is 12.3. The van der Waals surface area contributed by atoms with Crippen LogP contribution in [0.15, 0.2) is 30.3 Å². The molecule has 0 atom stereocenters. The Morgan fingerprint density at radius 1 is 1.26 bits per heavy atom. The van der Waals surface area contributed by atoms with Gasteiger partial charge in [-0.05, 0) is 43.6 Å². The van der Waals surface area contributed by atoms with E-state index in [0.717, 1.165) is 18.7 Å². The second kappa shape index (κ2) is 6.87. The Bertz CT molecular complexity index is 402. The number of nitrogens with one attached hydrogen (secondary N) is 2. The van der Waals surface area contributed by atoms with E-state index in [9.17, 15) is 0 Å². The normalized spacial score (nSPS) is 17.1. The van der Waals surface area contributed by atoms with Gasteiger partial charge in [0, 0.05) is 24.9 Å². The smallest absolute Gasteiger partial charge is 0.171 e. The van der Waals surface area contributed by atoms with Crippen LogP contribution in [0.3, 0.4) is 0 Å². The highest BCUT2D eigenvalue weighted by atomic mass is 32.1. The van der Waals surface area contributed by atoms with Gasteiger partial charge in [-0.25, -0.2) is 0 Å². The van der Waals surface area contributed by atoms with Gasteiger partial charge in [-0.2, -0.15) is 0 Å². The lowest BCUT2D eigenvalue weighted by atomic mass is 9.94. The molecule has 4 heteroatoms. The molecule has 0 radical (unpaired) electrons. The zero-order valence-electron chi connectivity index (χ0n) is 11.4. The molecule has 0 aliphatic heterocycles. The summed E-state index contributed by atoms with van der Waals surface area (Å²) in [6.45, 7) is 0.779. The van der Waals surface area contributed by atoms with Crippen LogP contribution in [0.5, 0.6) is 0 Å². The summed E-state index contributed by atoms with van der Waals surface area (Å²) >= 11 is 5.43. The third kappa shape index (κ3) is 4.18. The molecule has 1 fully saturated rings. The van der Waals surface area contributed by atoms with Crippen molar-refractivity contribution < 1.29 is 4.74 Å². The van der Waals surface area contributed by atoms with Gasteiger partial charge in [0.1, 0.15) is 0 Å². The maximum atomic E-state index is 5.43. The first-order chi connectivity index (χ1) is 9.24. The van der Waals surface area contributed by atoms with Crippen molar-refractivity contribution in [2.75, 3.05) is 19.0 Å². The number of hydrogen-bond acceptors (Lipinski definition) is 2. The molecule has 0 spiro atoms. The number of methoxy groups -OCH3 is 1. The number of hydrogen-bond donors (Lipinski definition) is 2. The van der Waals surface area contributed by atoms with Gasteiger partial charge >= 0.3 is 0 Å². The van der Waals surface area contributed by atoms with Crippen molar-refractivity contribution in [1.29, 1.82) is 0 Å². The predicted octanol–water partition coefficient (Wildman–Crippen LogP) is 3.32. The van der Waals surface area contributed by atoms with Crippen LogP contribution in [0, 0.1) is 0 Å². The molecule has 3 nitrogen and oxygen atoms in total. The zero-order chi connectivity index (χ0) is 13.6. The van der Waals surface area contributed by atoms with Gasteiger partial charge in [0.25, 0.3) is 0 Å². The van der Waals surface area contributed by atoms with Crippen LogP contribution in [0.25, 0.3) is 0 Å². The molecule has 19 heavy (non-hydrogen) atoms. The van der Waals surface area contributed by atoms with Crippen LogP contribution >= 0.6 is 12.2 Å². The van der Waals surface area contributed by atoms with E-state index in [1.54, 1.807) is 7.11 Å².